The van der Waals surface area contributed by atoms with E-state index in [1.54, 1.807) is 0 Å². The van der Waals surface area contributed by atoms with E-state index < -0.39 is 0 Å². The van der Waals surface area contributed by atoms with Gasteiger partial charge in [-0.1, -0.05) is 11.3 Å². The topological polar surface area (TPSA) is 86.4 Å². The van der Waals surface area contributed by atoms with Gasteiger partial charge in [0.05, 0.1) is 6.21 Å². The molecular weight excluding hydrogens is 228 g/mol. The molecule has 5 N–H and O–H groups in total. The van der Waals surface area contributed by atoms with Crippen LogP contribution in [0.2, 0.25) is 0 Å². The summed E-state index contributed by atoms with van der Waals surface area (Å²) in [5.41, 5.74) is 7.48. The molecule has 0 bridgehead atoms. The number of nitrogens with two attached hydrogens (primary N) is 1. The summed E-state index contributed by atoms with van der Waals surface area (Å²) in [7, 11) is 0. The number of aromatic amines is 1. The maximum Gasteiger partial charge on any atom is 0.209 e. The third kappa shape index (κ3) is 3.09. The molecule has 0 aliphatic heterocycles. The Labute approximate surface area is 88.3 Å². The van der Waals surface area contributed by atoms with Gasteiger partial charge >= 0.3 is 0 Å². The first-order valence-corrected chi connectivity index (χ1v) is 4.73. The minimum atomic E-state index is -0.0107. The van der Waals surface area contributed by atoms with E-state index >= 15 is 0 Å². The first-order chi connectivity index (χ1) is 6.09. The van der Waals surface area contributed by atoms with Crippen LogP contribution >= 0.6 is 35.8 Å². The fourth-order valence-electron chi connectivity index (χ4n) is 0.574. The normalized spacial score (nSPS) is 10.5. The number of thiocarbonyl (C=S) groups is 1. The fraction of sp³-hybridized carbons (Fsp3) is 0. The first kappa shape index (κ1) is 10.1. The van der Waals surface area contributed by atoms with Crippen molar-refractivity contribution in [2.75, 3.05) is 0 Å². The third-order valence-electron chi connectivity index (χ3n) is 1.01. The summed E-state index contributed by atoms with van der Waals surface area (Å²) in [6, 6.07) is 0. The standard InChI is InChI=1S/C5H6N4OS3/c6-4(11)9-7-1-2-3(10)8-5(12)13-2/h1,10H,(H,8,12)(H3,6,9,11)/b7-1+. The predicted molar refractivity (Wildman–Crippen MR) is 58.7 cm³/mol. The van der Waals surface area contributed by atoms with Crippen LogP contribution in [0.3, 0.4) is 0 Å². The molecule has 0 atom stereocenters. The molecule has 1 heterocycles. The van der Waals surface area contributed by atoms with Crippen LogP contribution in [0.5, 0.6) is 5.88 Å². The number of H-pyrrole nitrogens is 1. The van der Waals surface area contributed by atoms with Gasteiger partial charge in [-0.3, -0.25) is 5.43 Å². The molecule has 70 valence electrons. The number of hydrogen-bond donors (Lipinski definition) is 4. The highest BCUT2D eigenvalue weighted by Gasteiger charge is 2.00. The molecule has 0 saturated carbocycles. The second-order valence-corrected chi connectivity index (χ2v) is 4.12. The molecule has 0 aromatic carbocycles. The van der Waals surface area contributed by atoms with E-state index in [-0.39, 0.29) is 11.0 Å². The van der Waals surface area contributed by atoms with Gasteiger partial charge in [0, 0.05) is 0 Å². The van der Waals surface area contributed by atoms with Gasteiger partial charge in [-0.2, -0.15) is 5.10 Å². The number of nitrogens with zero attached hydrogens (tertiary/aromatic N) is 1. The van der Waals surface area contributed by atoms with E-state index in [4.69, 9.17) is 18.0 Å². The molecule has 0 aliphatic rings. The summed E-state index contributed by atoms with van der Waals surface area (Å²) in [5, 5.41) is 12.9. The SMILES string of the molecule is NC(=S)N/N=C/c1sc(=S)[nH]c1O. The quantitative estimate of drug-likeness (QED) is 0.343. The lowest BCUT2D eigenvalue weighted by Crippen LogP contribution is -2.23. The number of nitrogens with one attached hydrogen (secondary N) is 2. The van der Waals surface area contributed by atoms with E-state index in [2.05, 4.69) is 27.7 Å². The molecule has 0 saturated heterocycles. The van der Waals surface area contributed by atoms with Crippen molar-refractivity contribution in [2.45, 2.75) is 0 Å². The van der Waals surface area contributed by atoms with Gasteiger partial charge in [-0.25, -0.2) is 0 Å². The number of aromatic nitrogens is 1. The lowest BCUT2D eigenvalue weighted by molar-refractivity contribution is 0.456. The predicted octanol–water partition coefficient (Wildman–Crippen LogP) is 0.678. The minimum Gasteiger partial charge on any atom is -0.494 e. The second-order valence-electron chi connectivity index (χ2n) is 1.96. The number of hydrazone groups is 1. The van der Waals surface area contributed by atoms with Crippen LogP contribution in [0, 0.1) is 3.95 Å². The average Bonchev–Trinajstić information content (AvgIpc) is 2.29. The van der Waals surface area contributed by atoms with Crippen LogP contribution in [0.25, 0.3) is 0 Å². The molecule has 1 aromatic rings. The van der Waals surface area contributed by atoms with Gasteiger partial charge in [0.1, 0.15) is 4.88 Å². The zero-order chi connectivity index (χ0) is 9.84. The Morgan fingerprint density at radius 1 is 1.77 bits per heavy atom. The molecule has 13 heavy (non-hydrogen) atoms. The Hall–Kier alpha value is -0.990. The lowest BCUT2D eigenvalue weighted by atomic mass is 10.6. The number of hydrogen-bond acceptors (Lipinski definition) is 5. The first-order valence-electron chi connectivity index (χ1n) is 3.10. The molecule has 5 nitrogen and oxygen atoms in total. The largest absolute Gasteiger partial charge is 0.494 e. The summed E-state index contributed by atoms with van der Waals surface area (Å²) in [4.78, 5) is 3.07. The molecule has 1 rings (SSSR count). The van der Waals surface area contributed by atoms with Crippen LogP contribution in [0.4, 0.5) is 0 Å². The van der Waals surface area contributed by atoms with Crippen molar-refractivity contribution >= 4 is 47.1 Å². The number of rotatable bonds is 2. The maximum atomic E-state index is 9.20. The third-order valence-corrected chi connectivity index (χ3v) is 2.26. The van der Waals surface area contributed by atoms with Crippen LogP contribution in [0.15, 0.2) is 5.10 Å². The van der Waals surface area contributed by atoms with Gasteiger partial charge in [0.2, 0.25) is 5.88 Å². The zero-order valence-corrected chi connectivity index (χ0v) is 8.72. The molecular formula is C5H6N4OS3. The highest BCUT2D eigenvalue weighted by Crippen LogP contribution is 2.18. The van der Waals surface area contributed by atoms with Gasteiger partial charge in [0.25, 0.3) is 0 Å². The Kier molecular flexibility index (Phi) is 3.34. The molecule has 0 aliphatic carbocycles. The van der Waals surface area contributed by atoms with Crippen LogP contribution < -0.4 is 11.2 Å². The van der Waals surface area contributed by atoms with Crippen molar-refractivity contribution in [3.8, 4) is 5.88 Å². The molecule has 8 heteroatoms. The van der Waals surface area contributed by atoms with Crippen LogP contribution in [-0.4, -0.2) is 21.4 Å². The van der Waals surface area contributed by atoms with Gasteiger partial charge < -0.3 is 15.8 Å². The molecule has 1 aromatic heterocycles. The van der Waals surface area contributed by atoms with E-state index in [1.165, 1.54) is 17.6 Å². The summed E-state index contributed by atoms with van der Waals surface area (Å²) >= 11 is 10.5. The second kappa shape index (κ2) is 4.30. The summed E-state index contributed by atoms with van der Waals surface area (Å²) in [5.74, 6) is -0.0107. The van der Waals surface area contributed by atoms with Crippen molar-refractivity contribution in [1.29, 1.82) is 0 Å². The number of thiazole rings is 1. The molecule has 0 fully saturated rings. The van der Waals surface area contributed by atoms with Gasteiger partial charge in [0.15, 0.2) is 9.07 Å². The van der Waals surface area contributed by atoms with E-state index in [0.717, 1.165) is 0 Å². The van der Waals surface area contributed by atoms with Crippen molar-refractivity contribution in [3.05, 3.63) is 8.83 Å². The summed E-state index contributed by atoms with van der Waals surface area (Å²) in [6.45, 7) is 0. The van der Waals surface area contributed by atoms with Crippen molar-refractivity contribution < 1.29 is 5.11 Å². The average molecular weight is 234 g/mol. The summed E-state index contributed by atoms with van der Waals surface area (Å²) < 4.78 is 0.481. The minimum absolute atomic E-state index is 0.0107. The lowest BCUT2D eigenvalue weighted by Gasteiger charge is -1.91. The van der Waals surface area contributed by atoms with E-state index in [9.17, 15) is 5.11 Å². The molecule has 0 radical (unpaired) electrons. The van der Waals surface area contributed by atoms with Crippen molar-refractivity contribution in [1.82, 2.24) is 10.4 Å². The van der Waals surface area contributed by atoms with Crippen molar-refractivity contribution in [2.24, 2.45) is 10.8 Å². The zero-order valence-electron chi connectivity index (χ0n) is 6.27. The molecule has 0 amide bonds. The van der Waals surface area contributed by atoms with Crippen LogP contribution in [0.1, 0.15) is 4.88 Å². The Balaban J connectivity index is 2.74. The number of aromatic hydroxyl groups is 1. The highest BCUT2D eigenvalue weighted by atomic mass is 32.1. The van der Waals surface area contributed by atoms with Crippen molar-refractivity contribution in [3.63, 3.8) is 0 Å². The van der Waals surface area contributed by atoms with Gasteiger partial charge in [-0.15, -0.1) is 0 Å². The molecule has 0 spiro atoms. The fourth-order valence-corrected chi connectivity index (χ4v) is 1.59. The van der Waals surface area contributed by atoms with E-state index in [0.29, 0.717) is 8.83 Å². The van der Waals surface area contributed by atoms with Gasteiger partial charge in [-0.05, 0) is 24.4 Å². The monoisotopic (exact) mass is 234 g/mol. The Morgan fingerprint density at radius 2 is 2.46 bits per heavy atom. The molecule has 0 unspecified atom stereocenters. The van der Waals surface area contributed by atoms with E-state index in [1.807, 2.05) is 0 Å². The smallest absolute Gasteiger partial charge is 0.209 e. The maximum absolute atomic E-state index is 9.20. The Bertz CT molecular complexity index is 393. The highest BCUT2D eigenvalue weighted by molar-refractivity contribution is 7.80. The van der Waals surface area contributed by atoms with Crippen LogP contribution in [-0.2, 0) is 0 Å². The summed E-state index contributed by atoms with van der Waals surface area (Å²) in [6.07, 6.45) is 1.38. The Morgan fingerprint density at radius 3 is 2.92 bits per heavy atom.